The molecule has 1 aliphatic heterocycles. The Kier molecular flexibility index (Phi) is 6.86. The number of methoxy groups -OCH3 is 3. The molecule has 168 valence electrons. The van der Waals surface area contributed by atoms with Crippen molar-refractivity contribution in [2.75, 3.05) is 26.2 Å². The summed E-state index contributed by atoms with van der Waals surface area (Å²) in [5, 5.41) is 0. The van der Waals surface area contributed by atoms with Crippen molar-refractivity contribution in [3.8, 4) is 28.7 Å². The van der Waals surface area contributed by atoms with Gasteiger partial charge in [-0.1, -0.05) is 42.2 Å². The summed E-state index contributed by atoms with van der Waals surface area (Å²) in [6, 6.07) is 20.2. The van der Waals surface area contributed by atoms with Gasteiger partial charge >= 0.3 is 0 Å². The maximum Gasteiger partial charge on any atom is 0.270 e. The Bertz CT molecular complexity index is 1210. The smallest absolute Gasteiger partial charge is 0.270 e. The van der Waals surface area contributed by atoms with Crippen LogP contribution in [-0.2, 0) is 4.79 Å². The Morgan fingerprint density at radius 2 is 1.42 bits per heavy atom. The maximum absolute atomic E-state index is 13.2. The molecule has 0 bridgehead atoms. The van der Waals surface area contributed by atoms with Gasteiger partial charge in [0.15, 0.2) is 15.8 Å². The van der Waals surface area contributed by atoms with Crippen LogP contribution in [0.2, 0.25) is 0 Å². The number of anilines is 1. The number of hydrogen-bond acceptors (Lipinski definition) is 7. The van der Waals surface area contributed by atoms with Gasteiger partial charge in [0.1, 0.15) is 17.2 Å². The lowest BCUT2D eigenvalue weighted by atomic mass is 10.1. The van der Waals surface area contributed by atoms with Crippen LogP contribution >= 0.6 is 24.0 Å². The first-order valence-corrected chi connectivity index (χ1v) is 11.2. The zero-order valence-electron chi connectivity index (χ0n) is 18.2. The molecule has 0 spiro atoms. The van der Waals surface area contributed by atoms with E-state index >= 15 is 0 Å². The molecule has 0 N–H and O–H groups in total. The number of thiocarbonyl (C=S) groups is 1. The number of para-hydroxylation sites is 1. The maximum atomic E-state index is 13.2. The van der Waals surface area contributed by atoms with Crippen LogP contribution in [0.4, 0.5) is 5.69 Å². The molecule has 0 atom stereocenters. The number of nitrogens with zero attached hydrogens (tertiary/aromatic N) is 1. The molecule has 0 aliphatic carbocycles. The number of carbonyl (C=O) groups excluding carboxylic acids is 1. The molecule has 1 amide bonds. The summed E-state index contributed by atoms with van der Waals surface area (Å²) >= 11 is 6.73. The highest BCUT2D eigenvalue weighted by Gasteiger charge is 2.33. The summed E-state index contributed by atoms with van der Waals surface area (Å²) in [7, 11) is 4.67. The third-order valence-electron chi connectivity index (χ3n) is 4.89. The fourth-order valence-electron chi connectivity index (χ4n) is 3.29. The molecule has 1 aliphatic rings. The molecule has 0 unspecified atom stereocenters. The predicted molar refractivity (Wildman–Crippen MR) is 135 cm³/mol. The van der Waals surface area contributed by atoms with Crippen molar-refractivity contribution < 1.29 is 23.7 Å². The van der Waals surface area contributed by atoms with Gasteiger partial charge in [-0.2, -0.15) is 0 Å². The van der Waals surface area contributed by atoms with E-state index in [1.807, 2.05) is 54.6 Å². The molecule has 0 aromatic heterocycles. The van der Waals surface area contributed by atoms with Crippen molar-refractivity contribution in [2.24, 2.45) is 0 Å². The van der Waals surface area contributed by atoms with E-state index in [2.05, 4.69) is 0 Å². The normalized spacial score (nSPS) is 14.5. The lowest BCUT2D eigenvalue weighted by molar-refractivity contribution is -0.113. The van der Waals surface area contributed by atoms with Gasteiger partial charge < -0.3 is 18.9 Å². The highest BCUT2D eigenvalue weighted by molar-refractivity contribution is 8.27. The second kappa shape index (κ2) is 9.97. The number of amides is 1. The van der Waals surface area contributed by atoms with Gasteiger partial charge in [0, 0.05) is 11.6 Å². The first-order chi connectivity index (χ1) is 16.0. The molecule has 0 saturated carbocycles. The number of thioether (sulfide) groups is 1. The first-order valence-electron chi connectivity index (χ1n) is 9.95. The third kappa shape index (κ3) is 4.81. The van der Waals surface area contributed by atoms with E-state index in [1.54, 1.807) is 39.5 Å². The summed E-state index contributed by atoms with van der Waals surface area (Å²) in [6.45, 7) is 0. The second-order valence-electron chi connectivity index (χ2n) is 6.88. The zero-order chi connectivity index (χ0) is 23.4. The lowest BCUT2D eigenvalue weighted by Crippen LogP contribution is -2.27. The molecule has 6 nitrogen and oxygen atoms in total. The Hall–Kier alpha value is -3.49. The van der Waals surface area contributed by atoms with Crippen molar-refractivity contribution in [3.63, 3.8) is 0 Å². The van der Waals surface area contributed by atoms with Gasteiger partial charge in [0.2, 0.25) is 0 Å². The molecule has 3 aromatic rings. The SMILES string of the molecule is COc1cc(OC)c(OC)cc1/C=C1\SC(=S)N(c2ccc(Oc3ccccc3)cc2)C1=O. The number of ether oxygens (including phenoxy) is 4. The monoisotopic (exact) mass is 479 g/mol. The Balaban J connectivity index is 1.59. The van der Waals surface area contributed by atoms with Crippen LogP contribution < -0.4 is 23.8 Å². The minimum atomic E-state index is -0.210. The van der Waals surface area contributed by atoms with Crippen LogP contribution in [0, 0.1) is 0 Å². The summed E-state index contributed by atoms with van der Waals surface area (Å²) in [5.74, 6) is 2.83. The van der Waals surface area contributed by atoms with Crippen molar-refractivity contribution in [2.45, 2.75) is 0 Å². The van der Waals surface area contributed by atoms with Crippen LogP contribution in [0.15, 0.2) is 71.6 Å². The van der Waals surface area contributed by atoms with Gasteiger partial charge in [-0.15, -0.1) is 0 Å². The van der Waals surface area contributed by atoms with Crippen molar-refractivity contribution in [1.82, 2.24) is 0 Å². The minimum Gasteiger partial charge on any atom is -0.496 e. The fraction of sp³-hybridized carbons (Fsp3) is 0.120. The molecular weight excluding hydrogens is 458 g/mol. The van der Waals surface area contributed by atoms with Crippen molar-refractivity contribution >= 4 is 46.0 Å². The molecular formula is C25H21NO5S2. The molecule has 1 heterocycles. The quantitative estimate of drug-likeness (QED) is 0.308. The first kappa shape index (κ1) is 22.7. The zero-order valence-corrected chi connectivity index (χ0v) is 19.9. The van der Waals surface area contributed by atoms with Crippen LogP contribution in [0.5, 0.6) is 28.7 Å². The number of benzene rings is 3. The van der Waals surface area contributed by atoms with E-state index < -0.39 is 0 Å². The average molecular weight is 480 g/mol. The molecule has 0 radical (unpaired) electrons. The highest BCUT2D eigenvalue weighted by Crippen LogP contribution is 2.40. The Morgan fingerprint density at radius 3 is 2.06 bits per heavy atom. The van der Waals surface area contributed by atoms with Gasteiger partial charge in [-0.05, 0) is 48.5 Å². The second-order valence-corrected chi connectivity index (χ2v) is 8.55. The predicted octanol–water partition coefficient (Wildman–Crippen LogP) is 5.91. The number of carbonyl (C=O) groups is 1. The Labute approximate surface area is 201 Å². The van der Waals surface area contributed by atoms with Gasteiger partial charge in [0.05, 0.1) is 31.9 Å². The lowest BCUT2D eigenvalue weighted by Gasteiger charge is -2.15. The van der Waals surface area contributed by atoms with E-state index in [9.17, 15) is 4.79 Å². The van der Waals surface area contributed by atoms with Crippen LogP contribution in [0.1, 0.15) is 5.56 Å². The Morgan fingerprint density at radius 1 is 0.818 bits per heavy atom. The van der Waals surface area contributed by atoms with E-state index in [4.69, 9.17) is 31.2 Å². The summed E-state index contributed by atoms with van der Waals surface area (Å²) < 4.78 is 22.5. The summed E-state index contributed by atoms with van der Waals surface area (Å²) in [4.78, 5) is 15.2. The number of rotatable bonds is 7. The van der Waals surface area contributed by atoms with E-state index in [0.29, 0.717) is 43.5 Å². The molecule has 8 heteroatoms. The minimum absolute atomic E-state index is 0.210. The van der Waals surface area contributed by atoms with Crippen LogP contribution in [0.3, 0.4) is 0 Å². The number of hydrogen-bond donors (Lipinski definition) is 0. The van der Waals surface area contributed by atoms with Crippen LogP contribution in [-0.4, -0.2) is 31.6 Å². The topological polar surface area (TPSA) is 57.2 Å². The van der Waals surface area contributed by atoms with Crippen molar-refractivity contribution in [3.05, 3.63) is 77.2 Å². The van der Waals surface area contributed by atoms with E-state index in [0.717, 1.165) is 5.75 Å². The molecule has 33 heavy (non-hydrogen) atoms. The largest absolute Gasteiger partial charge is 0.496 e. The van der Waals surface area contributed by atoms with Crippen molar-refractivity contribution in [1.29, 1.82) is 0 Å². The van der Waals surface area contributed by atoms with Gasteiger partial charge in [-0.3, -0.25) is 9.69 Å². The van der Waals surface area contributed by atoms with Gasteiger partial charge in [0.25, 0.3) is 5.91 Å². The van der Waals surface area contributed by atoms with E-state index in [1.165, 1.54) is 16.7 Å². The molecule has 4 rings (SSSR count). The molecule has 1 saturated heterocycles. The summed E-state index contributed by atoms with van der Waals surface area (Å²) in [6.07, 6.45) is 1.74. The van der Waals surface area contributed by atoms with Crippen LogP contribution in [0.25, 0.3) is 6.08 Å². The average Bonchev–Trinajstić information content (AvgIpc) is 3.12. The van der Waals surface area contributed by atoms with Gasteiger partial charge in [-0.25, -0.2) is 0 Å². The molecule has 1 fully saturated rings. The molecule has 3 aromatic carbocycles. The standard InChI is InChI=1S/C25H21NO5S2/c1-28-20-15-22(30-3)21(29-2)13-16(20)14-23-24(27)26(25(32)33-23)17-9-11-19(12-10-17)31-18-7-5-4-6-8-18/h4-15H,1-3H3/b23-14-. The third-order valence-corrected chi connectivity index (χ3v) is 6.19. The fourth-order valence-corrected chi connectivity index (χ4v) is 4.57. The van der Waals surface area contributed by atoms with E-state index in [-0.39, 0.29) is 5.91 Å². The summed E-state index contributed by atoms with van der Waals surface area (Å²) in [5.41, 5.74) is 1.35. The highest BCUT2D eigenvalue weighted by atomic mass is 32.2.